The van der Waals surface area contributed by atoms with Crippen molar-refractivity contribution in [3.05, 3.63) is 23.8 Å². The fourth-order valence-electron chi connectivity index (χ4n) is 0.874. The van der Waals surface area contributed by atoms with E-state index in [9.17, 15) is 0 Å². The molecule has 0 saturated heterocycles. The standard InChI is InChI=1S/C8H12/c1-7(2)6-8-4-3-5-8/h6H,1,3-5H2,2H3. The predicted molar refractivity (Wildman–Crippen MR) is 36.7 cm³/mol. The summed E-state index contributed by atoms with van der Waals surface area (Å²) in [6.07, 6.45) is 6.21. The van der Waals surface area contributed by atoms with Gasteiger partial charge in [-0.2, -0.15) is 0 Å². The average molecular weight is 108 g/mol. The molecular weight excluding hydrogens is 96.1 g/mol. The lowest BCUT2D eigenvalue weighted by Crippen LogP contribution is -1.95. The van der Waals surface area contributed by atoms with Gasteiger partial charge in [-0.3, -0.25) is 0 Å². The number of hydrogen-bond acceptors (Lipinski definition) is 0. The topological polar surface area (TPSA) is 0 Å². The molecule has 8 heavy (non-hydrogen) atoms. The normalized spacial score (nSPS) is 17.4. The van der Waals surface area contributed by atoms with Crippen molar-refractivity contribution in [2.75, 3.05) is 0 Å². The van der Waals surface area contributed by atoms with E-state index in [4.69, 9.17) is 0 Å². The summed E-state index contributed by atoms with van der Waals surface area (Å²) in [4.78, 5) is 0. The Hall–Kier alpha value is -0.520. The van der Waals surface area contributed by atoms with Crippen LogP contribution in [0.4, 0.5) is 0 Å². The van der Waals surface area contributed by atoms with Crippen molar-refractivity contribution in [3.8, 4) is 0 Å². The van der Waals surface area contributed by atoms with Crippen LogP contribution in [-0.2, 0) is 0 Å². The van der Waals surface area contributed by atoms with E-state index < -0.39 is 0 Å². The quantitative estimate of drug-likeness (QED) is 0.484. The Bertz CT molecular complexity index is 123. The van der Waals surface area contributed by atoms with Crippen molar-refractivity contribution in [2.45, 2.75) is 26.2 Å². The van der Waals surface area contributed by atoms with E-state index in [1.807, 2.05) is 6.92 Å². The van der Waals surface area contributed by atoms with Gasteiger partial charge in [0.2, 0.25) is 0 Å². The third-order valence-electron chi connectivity index (χ3n) is 1.45. The molecule has 0 aliphatic heterocycles. The fraction of sp³-hybridized carbons (Fsp3) is 0.500. The lowest BCUT2D eigenvalue weighted by Gasteiger charge is -2.15. The highest BCUT2D eigenvalue weighted by Gasteiger charge is 2.06. The first-order valence-corrected chi connectivity index (χ1v) is 3.14. The molecule has 0 nitrogen and oxygen atoms in total. The van der Waals surface area contributed by atoms with Gasteiger partial charge in [-0.15, -0.1) is 0 Å². The molecule has 1 aliphatic rings. The minimum atomic E-state index is 1.19. The van der Waals surface area contributed by atoms with Crippen LogP contribution in [0, 0.1) is 0 Å². The van der Waals surface area contributed by atoms with Crippen LogP contribution in [0.15, 0.2) is 23.8 Å². The summed E-state index contributed by atoms with van der Waals surface area (Å²) in [5.74, 6) is 0. The molecule has 0 amide bonds. The van der Waals surface area contributed by atoms with Gasteiger partial charge in [0.05, 0.1) is 0 Å². The molecule has 0 aromatic carbocycles. The first-order chi connectivity index (χ1) is 3.79. The van der Waals surface area contributed by atoms with E-state index in [0.29, 0.717) is 0 Å². The maximum atomic E-state index is 3.80. The second kappa shape index (κ2) is 2.17. The zero-order valence-corrected chi connectivity index (χ0v) is 5.41. The van der Waals surface area contributed by atoms with Gasteiger partial charge in [0.15, 0.2) is 0 Å². The minimum absolute atomic E-state index is 1.19. The zero-order valence-electron chi connectivity index (χ0n) is 5.41. The van der Waals surface area contributed by atoms with Gasteiger partial charge in [-0.25, -0.2) is 0 Å². The molecule has 1 rings (SSSR count). The van der Waals surface area contributed by atoms with Crippen molar-refractivity contribution < 1.29 is 0 Å². The van der Waals surface area contributed by atoms with E-state index in [1.54, 1.807) is 5.57 Å². The molecular formula is C8H12. The second-order valence-corrected chi connectivity index (χ2v) is 2.50. The van der Waals surface area contributed by atoms with E-state index in [-0.39, 0.29) is 0 Å². The summed E-state index contributed by atoms with van der Waals surface area (Å²) in [6, 6.07) is 0. The van der Waals surface area contributed by atoms with Crippen LogP contribution < -0.4 is 0 Å². The van der Waals surface area contributed by atoms with Gasteiger partial charge >= 0.3 is 0 Å². The molecule has 0 heteroatoms. The summed E-state index contributed by atoms with van der Waals surface area (Å²) < 4.78 is 0. The van der Waals surface area contributed by atoms with Gasteiger partial charge in [-0.1, -0.05) is 23.8 Å². The summed E-state index contributed by atoms with van der Waals surface area (Å²) in [6.45, 7) is 5.85. The molecule has 1 saturated carbocycles. The molecule has 0 radical (unpaired) electrons. The highest BCUT2D eigenvalue weighted by molar-refractivity contribution is 5.22. The fourth-order valence-corrected chi connectivity index (χ4v) is 0.874. The van der Waals surface area contributed by atoms with Crippen LogP contribution in [0.25, 0.3) is 0 Å². The van der Waals surface area contributed by atoms with Crippen LogP contribution in [-0.4, -0.2) is 0 Å². The Morgan fingerprint density at radius 2 is 2.25 bits per heavy atom. The van der Waals surface area contributed by atoms with Crippen LogP contribution >= 0.6 is 0 Å². The molecule has 0 aromatic heterocycles. The maximum Gasteiger partial charge on any atom is -0.0314 e. The van der Waals surface area contributed by atoms with Gasteiger partial charge < -0.3 is 0 Å². The van der Waals surface area contributed by atoms with Gasteiger partial charge in [0, 0.05) is 0 Å². The highest BCUT2D eigenvalue weighted by Crippen LogP contribution is 2.25. The molecule has 0 unspecified atom stereocenters. The molecule has 0 heterocycles. The number of rotatable bonds is 1. The van der Waals surface area contributed by atoms with E-state index in [2.05, 4.69) is 12.7 Å². The smallest absolute Gasteiger partial charge is 0.0314 e. The molecule has 1 fully saturated rings. The molecule has 44 valence electrons. The Kier molecular flexibility index (Phi) is 1.52. The van der Waals surface area contributed by atoms with E-state index in [1.165, 1.54) is 24.8 Å². The van der Waals surface area contributed by atoms with Gasteiger partial charge in [0.1, 0.15) is 0 Å². The second-order valence-electron chi connectivity index (χ2n) is 2.50. The van der Waals surface area contributed by atoms with Crippen LogP contribution in [0.3, 0.4) is 0 Å². The van der Waals surface area contributed by atoms with Crippen LogP contribution in [0.5, 0.6) is 0 Å². The predicted octanol–water partition coefficient (Wildman–Crippen LogP) is 2.67. The van der Waals surface area contributed by atoms with Crippen LogP contribution in [0.1, 0.15) is 26.2 Å². The van der Waals surface area contributed by atoms with Crippen LogP contribution in [0.2, 0.25) is 0 Å². The molecule has 0 aromatic rings. The lowest BCUT2D eigenvalue weighted by molar-refractivity contribution is 0.662. The number of allylic oxidation sites excluding steroid dienone is 3. The van der Waals surface area contributed by atoms with Gasteiger partial charge in [-0.05, 0) is 26.2 Å². The molecule has 0 atom stereocenters. The largest absolute Gasteiger partial charge is 0.0961 e. The summed E-state index contributed by atoms with van der Waals surface area (Å²) in [5.41, 5.74) is 2.78. The van der Waals surface area contributed by atoms with Crippen molar-refractivity contribution in [2.24, 2.45) is 0 Å². The Balaban J connectivity index is 2.42. The van der Waals surface area contributed by atoms with Crippen molar-refractivity contribution in [1.29, 1.82) is 0 Å². The SMILES string of the molecule is C=C(C)C=C1CCC1. The Morgan fingerprint density at radius 3 is 2.38 bits per heavy atom. The highest BCUT2D eigenvalue weighted by atomic mass is 14.1. The lowest BCUT2D eigenvalue weighted by atomic mass is 9.91. The summed E-state index contributed by atoms with van der Waals surface area (Å²) in [5, 5.41) is 0. The summed E-state index contributed by atoms with van der Waals surface area (Å²) in [7, 11) is 0. The first kappa shape index (κ1) is 5.61. The third-order valence-corrected chi connectivity index (χ3v) is 1.45. The molecule has 0 bridgehead atoms. The van der Waals surface area contributed by atoms with Crippen molar-refractivity contribution in [1.82, 2.24) is 0 Å². The van der Waals surface area contributed by atoms with E-state index >= 15 is 0 Å². The zero-order chi connectivity index (χ0) is 5.98. The first-order valence-electron chi connectivity index (χ1n) is 3.14. The van der Waals surface area contributed by atoms with Crippen molar-refractivity contribution in [3.63, 3.8) is 0 Å². The third kappa shape index (κ3) is 1.22. The molecule has 0 spiro atoms. The van der Waals surface area contributed by atoms with E-state index in [0.717, 1.165) is 0 Å². The maximum absolute atomic E-state index is 3.80. The molecule has 0 N–H and O–H groups in total. The number of hydrogen-bond donors (Lipinski definition) is 0. The minimum Gasteiger partial charge on any atom is -0.0961 e. The Labute approximate surface area is 50.9 Å². The van der Waals surface area contributed by atoms with Crippen molar-refractivity contribution >= 4 is 0 Å². The average Bonchev–Trinajstić information content (AvgIpc) is 1.55. The summed E-state index contributed by atoms with van der Waals surface area (Å²) >= 11 is 0. The monoisotopic (exact) mass is 108 g/mol. The molecule has 1 aliphatic carbocycles. The van der Waals surface area contributed by atoms with Gasteiger partial charge in [0.25, 0.3) is 0 Å². The Morgan fingerprint density at radius 1 is 1.62 bits per heavy atom.